The number of amides is 1. The van der Waals surface area contributed by atoms with Crippen LogP contribution in [0, 0.1) is 15.2 Å². The molecule has 0 atom stereocenters. The maximum absolute atomic E-state index is 14.3. The maximum atomic E-state index is 14.3. The summed E-state index contributed by atoms with van der Waals surface area (Å²) in [5.74, 6) is -2.67. The predicted molar refractivity (Wildman–Crippen MR) is 105 cm³/mol. The van der Waals surface area contributed by atoms with E-state index < -0.39 is 17.5 Å². The van der Waals surface area contributed by atoms with Crippen molar-refractivity contribution in [2.45, 2.75) is 0 Å². The summed E-state index contributed by atoms with van der Waals surface area (Å²) in [7, 11) is 3.74. The van der Waals surface area contributed by atoms with Crippen LogP contribution in [0.3, 0.4) is 0 Å². The molecule has 0 aliphatic carbocycles. The molecule has 2 N–H and O–H groups in total. The number of nitrogens with one attached hydrogen (secondary N) is 2. The summed E-state index contributed by atoms with van der Waals surface area (Å²) in [6, 6.07) is 7.26. The normalized spacial score (nSPS) is 10.8. The molecule has 0 aliphatic heterocycles. The molecule has 2 rings (SSSR count). The Kier molecular flexibility index (Phi) is 6.97. The number of halogens is 4. The summed E-state index contributed by atoms with van der Waals surface area (Å²) in [6.07, 6.45) is 0. The van der Waals surface area contributed by atoms with E-state index in [4.69, 9.17) is 11.6 Å². The molecule has 0 bridgehead atoms. The smallest absolute Gasteiger partial charge is 0.253 e. The fourth-order valence-corrected chi connectivity index (χ4v) is 2.98. The number of hydrogen-bond donors (Lipinski definition) is 2. The number of nitrogens with zero attached hydrogens (tertiary/aromatic N) is 1. The minimum Gasteiger partial charge on any atom is -0.351 e. The number of anilines is 2. The first-order chi connectivity index (χ1) is 11.8. The molecular weight excluding hydrogens is 463 g/mol. The fraction of sp³-hybridized carbons (Fsp3) is 0.235. The zero-order chi connectivity index (χ0) is 18.6. The number of likely N-dealkylation sites (N-methyl/N-ethyl adjacent to an activating group) is 1. The van der Waals surface area contributed by atoms with Gasteiger partial charge >= 0.3 is 0 Å². The molecule has 0 aliphatic rings. The second-order valence-corrected chi connectivity index (χ2v) is 7.25. The van der Waals surface area contributed by atoms with Crippen molar-refractivity contribution in [2.75, 3.05) is 32.5 Å². The second kappa shape index (κ2) is 8.77. The quantitative estimate of drug-likeness (QED) is 0.609. The standard InChI is InChI=1S/C17H17ClF2IN3O/c1-24(2)8-7-22-17(25)11-4-5-13(19)15(20)16(11)23-14-6-3-10(21)9-12(14)18/h3-6,9,23H,7-8H2,1-2H3,(H,22,25). The Hall–Kier alpha value is -1.45. The lowest BCUT2D eigenvalue weighted by atomic mass is 10.1. The van der Waals surface area contributed by atoms with E-state index in [-0.39, 0.29) is 11.3 Å². The molecule has 0 aromatic heterocycles. The molecule has 8 heteroatoms. The Balaban J connectivity index is 2.32. The zero-order valence-electron chi connectivity index (χ0n) is 13.7. The van der Waals surface area contributed by atoms with Gasteiger partial charge in [0.15, 0.2) is 11.6 Å². The third-order valence-corrected chi connectivity index (χ3v) is 4.36. The van der Waals surface area contributed by atoms with Gasteiger partial charge in [0, 0.05) is 16.7 Å². The van der Waals surface area contributed by atoms with Gasteiger partial charge in [-0.15, -0.1) is 0 Å². The van der Waals surface area contributed by atoms with E-state index in [1.54, 1.807) is 18.2 Å². The Bertz CT molecular complexity index is 787. The lowest BCUT2D eigenvalue weighted by molar-refractivity contribution is 0.0951. The van der Waals surface area contributed by atoms with Gasteiger partial charge in [0.25, 0.3) is 5.91 Å². The summed E-state index contributed by atoms with van der Waals surface area (Å²) >= 11 is 8.22. The van der Waals surface area contributed by atoms with Crippen molar-refractivity contribution in [1.29, 1.82) is 0 Å². The van der Waals surface area contributed by atoms with Crippen LogP contribution in [0.15, 0.2) is 30.3 Å². The Morgan fingerprint density at radius 2 is 1.96 bits per heavy atom. The largest absolute Gasteiger partial charge is 0.351 e. The number of carbonyl (C=O) groups excluding carboxylic acids is 1. The van der Waals surface area contributed by atoms with Crippen LogP contribution in [-0.4, -0.2) is 38.0 Å². The molecule has 25 heavy (non-hydrogen) atoms. The summed E-state index contributed by atoms with van der Waals surface area (Å²) in [5, 5.41) is 5.76. The monoisotopic (exact) mass is 479 g/mol. The molecule has 0 fully saturated rings. The summed E-state index contributed by atoms with van der Waals surface area (Å²) in [6.45, 7) is 1.01. The molecule has 0 heterocycles. The average Bonchev–Trinajstić information content (AvgIpc) is 2.53. The molecule has 0 saturated heterocycles. The lowest BCUT2D eigenvalue weighted by Crippen LogP contribution is -2.31. The van der Waals surface area contributed by atoms with Gasteiger partial charge in [0.05, 0.1) is 22.0 Å². The molecule has 0 unspecified atom stereocenters. The van der Waals surface area contributed by atoms with E-state index in [2.05, 4.69) is 33.2 Å². The number of hydrogen-bond acceptors (Lipinski definition) is 3. The van der Waals surface area contributed by atoms with Crippen molar-refractivity contribution in [3.63, 3.8) is 0 Å². The van der Waals surface area contributed by atoms with Gasteiger partial charge in [-0.3, -0.25) is 4.79 Å². The van der Waals surface area contributed by atoms with Crippen LogP contribution in [0.5, 0.6) is 0 Å². The molecule has 4 nitrogen and oxygen atoms in total. The van der Waals surface area contributed by atoms with Crippen molar-refractivity contribution >= 4 is 51.5 Å². The molecule has 2 aromatic carbocycles. The van der Waals surface area contributed by atoms with E-state index >= 15 is 0 Å². The minimum atomic E-state index is -1.13. The van der Waals surface area contributed by atoms with Gasteiger partial charge in [-0.05, 0) is 67.0 Å². The third kappa shape index (κ3) is 5.26. The van der Waals surface area contributed by atoms with Crippen molar-refractivity contribution in [2.24, 2.45) is 0 Å². The number of rotatable bonds is 6. The van der Waals surface area contributed by atoms with Crippen LogP contribution in [-0.2, 0) is 0 Å². The molecule has 2 aromatic rings. The van der Waals surface area contributed by atoms with E-state index in [0.29, 0.717) is 23.8 Å². The van der Waals surface area contributed by atoms with Crippen LogP contribution in [0.25, 0.3) is 0 Å². The van der Waals surface area contributed by atoms with Gasteiger partial charge in [-0.25, -0.2) is 8.78 Å². The topological polar surface area (TPSA) is 44.4 Å². The van der Waals surface area contributed by atoms with Crippen LogP contribution in [0.2, 0.25) is 5.02 Å². The van der Waals surface area contributed by atoms with Gasteiger partial charge in [-0.1, -0.05) is 11.6 Å². The molecule has 1 amide bonds. The molecule has 134 valence electrons. The maximum Gasteiger partial charge on any atom is 0.253 e. The van der Waals surface area contributed by atoms with Crippen LogP contribution < -0.4 is 10.6 Å². The Morgan fingerprint density at radius 1 is 1.24 bits per heavy atom. The highest BCUT2D eigenvalue weighted by molar-refractivity contribution is 14.1. The lowest BCUT2D eigenvalue weighted by Gasteiger charge is -2.15. The van der Waals surface area contributed by atoms with Gasteiger partial charge < -0.3 is 15.5 Å². The highest BCUT2D eigenvalue weighted by atomic mass is 127. The molecule has 0 radical (unpaired) electrons. The van der Waals surface area contributed by atoms with Gasteiger partial charge in [0.1, 0.15) is 0 Å². The number of carbonyl (C=O) groups is 1. The fourth-order valence-electron chi connectivity index (χ4n) is 2.08. The summed E-state index contributed by atoms with van der Waals surface area (Å²) < 4.78 is 28.9. The Labute approximate surface area is 163 Å². The highest BCUT2D eigenvalue weighted by Crippen LogP contribution is 2.31. The molecule has 0 spiro atoms. The van der Waals surface area contributed by atoms with E-state index in [1.807, 2.05) is 19.0 Å². The van der Waals surface area contributed by atoms with E-state index in [1.165, 1.54) is 6.07 Å². The minimum absolute atomic E-state index is 0.00673. The van der Waals surface area contributed by atoms with Crippen molar-refractivity contribution in [1.82, 2.24) is 10.2 Å². The van der Waals surface area contributed by atoms with Gasteiger partial charge in [-0.2, -0.15) is 0 Å². The Morgan fingerprint density at radius 3 is 2.60 bits per heavy atom. The zero-order valence-corrected chi connectivity index (χ0v) is 16.6. The van der Waals surface area contributed by atoms with E-state index in [0.717, 1.165) is 9.64 Å². The second-order valence-electron chi connectivity index (χ2n) is 5.59. The van der Waals surface area contributed by atoms with Crippen LogP contribution in [0.4, 0.5) is 20.2 Å². The summed E-state index contributed by atoms with van der Waals surface area (Å²) in [4.78, 5) is 14.2. The van der Waals surface area contributed by atoms with Crippen molar-refractivity contribution in [3.05, 3.63) is 56.1 Å². The third-order valence-electron chi connectivity index (χ3n) is 3.37. The van der Waals surface area contributed by atoms with Crippen LogP contribution >= 0.6 is 34.2 Å². The highest BCUT2D eigenvalue weighted by Gasteiger charge is 2.19. The molecule has 0 saturated carbocycles. The van der Waals surface area contributed by atoms with Crippen LogP contribution in [0.1, 0.15) is 10.4 Å². The SMILES string of the molecule is CN(C)CCNC(=O)c1ccc(F)c(F)c1Nc1ccc(I)cc1Cl. The predicted octanol–water partition coefficient (Wildman–Crippen LogP) is 4.26. The van der Waals surface area contributed by atoms with Crippen molar-refractivity contribution in [3.8, 4) is 0 Å². The summed E-state index contributed by atoms with van der Waals surface area (Å²) in [5.41, 5.74) is 0.145. The van der Waals surface area contributed by atoms with Gasteiger partial charge in [0.2, 0.25) is 0 Å². The first-order valence-corrected chi connectivity index (χ1v) is 8.88. The number of benzene rings is 2. The van der Waals surface area contributed by atoms with Crippen molar-refractivity contribution < 1.29 is 13.6 Å². The first-order valence-electron chi connectivity index (χ1n) is 7.42. The first kappa shape index (κ1) is 19.9. The molecular formula is C17H17ClF2IN3O. The van der Waals surface area contributed by atoms with E-state index in [9.17, 15) is 13.6 Å². The average molecular weight is 480 g/mol.